The molecule has 16 heavy (non-hydrogen) atoms. The quantitative estimate of drug-likeness (QED) is 0.271. The fraction of sp³-hybridized carbons (Fsp3) is 0.917. The molecule has 4 heteroatoms. The maximum atomic E-state index is 8.64. The van der Waals surface area contributed by atoms with E-state index in [4.69, 9.17) is 10.9 Å². The Labute approximate surface area is 99.3 Å². The lowest BCUT2D eigenvalue weighted by atomic mass is 9.85. The fourth-order valence-electron chi connectivity index (χ4n) is 2.05. The highest BCUT2D eigenvalue weighted by Gasteiger charge is 2.19. The predicted molar refractivity (Wildman–Crippen MR) is 68.7 cm³/mol. The van der Waals surface area contributed by atoms with Crippen LogP contribution < -0.4 is 11.1 Å². The van der Waals surface area contributed by atoms with Crippen LogP contribution in [0.2, 0.25) is 0 Å². The van der Waals surface area contributed by atoms with Gasteiger partial charge < -0.3 is 16.3 Å². The summed E-state index contributed by atoms with van der Waals surface area (Å²) in [5.41, 5.74) is 5.60. The lowest BCUT2D eigenvalue weighted by Crippen LogP contribution is -2.44. The Morgan fingerprint density at radius 3 is 2.06 bits per heavy atom. The van der Waals surface area contributed by atoms with Crippen molar-refractivity contribution in [3.8, 4) is 0 Å². The zero-order chi connectivity index (χ0) is 12.7. The Balaban J connectivity index is 4.28. The molecule has 1 unspecified atom stereocenters. The van der Waals surface area contributed by atoms with Gasteiger partial charge in [0.1, 0.15) is 0 Å². The third-order valence-electron chi connectivity index (χ3n) is 3.19. The Kier molecular flexibility index (Phi) is 7.13. The molecule has 1 atom stereocenters. The van der Waals surface area contributed by atoms with Gasteiger partial charge in [-0.05, 0) is 30.7 Å². The summed E-state index contributed by atoms with van der Waals surface area (Å²) in [6, 6.07) is -0.0231. The predicted octanol–water partition coefficient (Wildman–Crippen LogP) is 2.03. The van der Waals surface area contributed by atoms with Crippen molar-refractivity contribution in [1.82, 2.24) is 5.32 Å². The van der Waals surface area contributed by atoms with E-state index in [0.717, 1.165) is 13.0 Å². The van der Waals surface area contributed by atoms with Crippen molar-refractivity contribution in [3.63, 3.8) is 0 Å². The van der Waals surface area contributed by atoms with Crippen LogP contribution in [0.1, 0.15) is 41.0 Å². The number of hydrogen-bond acceptors (Lipinski definition) is 3. The van der Waals surface area contributed by atoms with Crippen molar-refractivity contribution in [3.05, 3.63) is 0 Å². The molecule has 0 rings (SSSR count). The van der Waals surface area contributed by atoms with Crippen LogP contribution in [0.4, 0.5) is 0 Å². The molecule has 0 amide bonds. The van der Waals surface area contributed by atoms with E-state index in [-0.39, 0.29) is 11.9 Å². The molecule has 0 bridgehead atoms. The van der Waals surface area contributed by atoms with Gasteiger partial charge >= 0.3 is 0 Å². The first kappa shape index (κ1) is 15.2. The number of rotatable bonds is 7. The Morgan fingerprint density at radius 1 is 1.25 bits per heavy atom. The molecule has 4 nitrogen and oxygen atoms in total. The monoisotopic (exact) mass is 229 g/mol. The van der Waals surface area contributed by atoms with E-state index in [0.29, 0.717) is 17.8 Å². The first-order valence-corrected chi connectivity index (χ1v) is 6.14. The topological polar surface area (TPSA) is 70.6 Å². The minimum atomic E-state index is -0.0231. The molecule has 0 fully saturated rings. The smallest absolute Gasteiger partial charge is 0.156 e. The highest BCUT2D eigenvalue weighted by Crippen LogP contribution is 2.19. The van der Waals surface area contributed by atoms with Gasteiger partial charge in [0.05, 0.1) is 6.04 Å². The van der Waals surface area contributed by atoms with E-state index in [9.17, 15) is 0 Å². The standard InChI is InChI=1S/C12H27N3O/c1-6-11(12(13)15-16)14-7-10(8(2)3)9(4)5/h8-11,14,16H,6-7H2,1-5H3,(H2,13,15). The van der Waals surface area contributed by atoms with Gasteiger partial charge in [0.15, 0.2) is 5.84 Å². The molecular weight excluding hydrogens is 202 g/mol. The SMILES string of the molecule is CCC(NCC(C(C)C)C(C)C)C(N)=NO. The van der Waals surface area contributed by atoms with Gasteiger partial charge in [0, 0.05) is 0 Å². The molecule has 0 aliphatic rings. The van der Waals surface area contributed by atoms with Crippen LogP contribution in [0.15, 0.2) is 5.16 Å². The van der Waals surface area contributed by atoms with E-state index >= 15 is 0 Å². The van der Waals surface area contributed by atoms with Gasteiger partial charge in [-0.15, -0.1) is 0 Å². The number of nitrogens with two attached hydrogens (primary N) is 1. The second kappa shape index (κ2) is 7.49. The molecule has 0 spiro atoms. The molecule has 0 aromatic heterocycles. The van der Waals surface area contributed by atoms with Crippen LogP contribution >= 0.6 is 0 Å². The number of nitrogens with zero attached hydrogens (tertiary/aromatic N) is 1. The zero-order valence-electron chi connectivity index (χ0n) is 11.2. The van der Waals surface area contributed by atoms with Crippen LogP contribution in [0.3, 0.4) is 0 Å². The minimum absolute atomic E-state index is 0.0231. The van der Waals surface area contributed by atoms with Crippen molar-refractivity contribution in [1.29, 1.82) is 0 Å². The molecule has 0 heterocycles. The number of nitrogens with one attached hydrogen (secondary N) is 1. The van der Waals surface area contributed by atoms with Gasteiger partial charge in [0.25, 0.3) is 0 Å². The Hall–Kier alpha value is -0.770. The van der Waals surface area contributed by atoms with Gasteiger partial charge in [-0.3, -0.25) is 0 Å². The summed E-state index contributed by atoms with van der Waals surface area (Å²) in [6.45, 7) is 11.9. The fourth-order valence-corrected chi connectivity index (χ4v) is 2.05. The third kappa shape index (κ3) is 4.84. The average Bonchev–Trinajstić information content (AvgIpc) is 2.22. The van der Waals surface area contributed by atoms with Crippen LogP contribution in [0.25, 0.3) is 0 Å². The van der Waals surface area contributed by atoms with Crippen LogP contribution in [-0.4, -0.2) is 23.6 Å². The average molecular weight is 229 g/mol. The summed E-state index contributed by atoms with van der Waals surface area (Å²) in [5.74, 6) is 2.16. The molecular formula is C12H27N3O. The molecule has 0 saturated heterocycles. The van der Waals surface area contributed by atoms with Crippen molar-refractivity contribution < 1.29 is 5.21 Å². The van der Waals surface area contributed by atoms with E-state index in [1.165, 1.54) is 0 Å². The van der Waals surface area contributed by atoms with Crippen molar-refractivity contribution in [2.24, 2.45) is 28.6 Å². The lowest BCUT2D eigenvalue weighted by Gasteiger charge is -2.27. The van der Waals surface area contributed by atoms with Gasteiger partial charge in [0.2, 0.25) is 0 Å². The number of oxime groups is 1. The summed E-state index contributed by atoms with van der Waals surface area (Å²) in [6.07, 6.45) is 0.832. The van der Waals surface area contributed by atoms with Gasteiger partial charge in [-0.25, -0.2) is 0 Å². The van der Waals surface area contributed by atoms with E-state index in [1.54, 1.807) is 0 Å². The van der Waals surface area contributed by atoms with E-state index in [1.807, 2.05) is 6.92 Å². The summed E-state index contributed by atoms with van der Waals surface area (Å²) >= 11 is 0. The van der Waals surface area contributed by atoms with E-state index in [2.05, 4.69) is 38.2 Å². The molecule has 0 aliphatic heterocycles. The Bertz CT molecular complexity index is 206. The maximum Gasteiger partial charge on any atom is 0.156 e. The van der Waals surface area contributed by atoms with Crippen LogP contribution in [0, 0.1) is 17.8 Å². The highest BCUT2D eigenvalue weighted by atomic mass is 16.4. The van der Waals surface area contributed by atoms with Gasteiger partial charge in [-0.1, -0.05) is 39.8 Å². The van der Waals surface area contributed by atoms with Crippen molar-refractivity contribution in [2.45, 2.75) is 47.1 Å². The first-order valence-electron chi connectivity index (χ1n) is 6.14. The molecule has 0 aromatic carbocycles. The van der Waals surface area contributed by atoms with Crippen molar-refractivity contribution in [2.75, 3.05) is 6.54 Å². The minimum Gasteiger partial charge on any atom is -0.409 e. The zero-order valence-corrected chi connectivity index (χ0v) is 11.2. The van der Waals surface area contributed by atoms with E-state index < -0.39 is 0 Å². The Morgan fingerprint density at radius 2 is 1.75 bits per heavy atom. The second-order valence-corrected chi connectivity index (χ2v) is 5.05. The number of hydrogen-bond donors (Lipinski definition) is 3. The molecule has 4 N–H and O–H groups in total. The summed E-state index contributed by atoms with van der Waals surface area (Å²) < 4.78 is 0. The summed E-state index contributed by atoms with van der Waals surface area (Å²) in [7, 11) is 0. The molecule has 0 aromatic rings. The highest BCUT2D eigenvalue weighted by molar-refractivity contribution is 5.85. The lowest BCUT2D eigenvalue weighted by molar-refractivity contribution is 0.269. The molecule has 0 saturated carbocycles. The summed E-state index contributed by atoms with van der Waals surface area (Å²) in [5, 5.41) is 15.1. The number of amidine groups is 1. The normalized spacial score (nSPS) is 15.1. The van der Waals surface area contributed by atoms with Crippen LogP contribution in [0.5, 0.6) is 0 Å². The molecule has 96 valence electrons. The molecule has 0 aliphatic carbocycles. The van der Waals surface area contributed by atoms with Gasteiger partial charge in [-0.2, -0.15) is 0 Å². The van der Waals surface area contributed by atoms with Crippen LogP contribution in [-0.2, 0) is 0 Å². The molecule has 0 radical (unpaired) electrons. The third-order valence-corrected chi connectivity index (χ3v) is 3.19. The second-order valence-electron chi connectivity index (χ2n) is 5.05. The maximum absolute atomic E-state index is 8.64. The summed E-state index contributed by atoms with van der Waals surface area (Å²) in [4.78, 5) is 0. The largest absolute Gasteiger partial charge is 0.409 e. The van der Waals surface area contributed by atoms with Crippen molar-refractivity contribution >= 4 is 5.84 Å². The first-order chi connectivity index (χ1) is 7.43.